The predicted octanol–water partition coefficient (Wildman–Crippen LogP) is 2.39. The van der Waals surface area contributed by atoms with Gasteiger partial charge in [0.15, 0.2) is 0 Å². The second kappa shape index (κ2) is 4.63. The van der Waals surface area contributed by atoms with E-state index in [2.05, 4.69) is 6.92 Å². The van der Waals surface area contributed by atoms with E-state index in [-0.39, 0.29) is 23.9 Å². The number of fused-ring (bicyclic) bond motifs is 2. The smallest absolute Gasteiger partial charge is 0.308 e. The van der Waals surface area contributed by atoms with Crippen molar-refractivity contribution in [1.29, 1.82) is 0 Å². The summed E-state index contributed by atoms with van der Waals surface area (Å²) in [7, 11) is 0. The monoisotopic (exact) mass is 279 g/mol. The fraction of sp³-hybridized carbons (Fsp3) is 0.571. The molecule has 0 aliphatic carbocycles. The van der Waals surface area contributed by atoms with Gasteiger partial charge in [0.25, 0.3) is 5.91 Å². The van der Waals surface area contributed by atoms with E-state index in [1.54, 1.807) is 0 Å². The van der Waals surface area contributed by atoms with E-state index in [1.165, 1.54) is 16.2 Å². The van der Waals surface area contributed by atoms with Gasteiger partial charge in [-0.3, -0.25) is 9.59 Å². The average molecular weight is 279 g/mol. The Balaban J connectivity index is 1.83. The van der Waals surface area contributed by atoms with Crippen LogP contribution >= 0.6 is 11.3 Å². The van der Waals surface area contributed by atoms with E-state index in [1.807, 2.05) is 17.0 Å². The molecule has 2 aliphatic heterocycles. The van der Waals surface area contributed by atoms with Crippen LogP contribution in [0, 0.1) is 5.92 Å². The van der Waals surface area contributed by atoms with Crippen LogP contribution in [0.25, 0.3) is 0 Å². The zero-order chi connectivity index (χ0) is 13.6. The largest absolute Gasteiger partial charge is 0.481 e. The first kappa shape index (κ1) is 12.7. The van der Waals surface area contributed by atoms with Gasteiger partial charge in [0.05, 0.1) is 10.8 Å². The minimum Gasteiger partial charge on any atom is -0.481 e. The van der Waals surface area contributed by atoms with Crippen molar-refractivity contribution in [2.75, 3.05) is 0 Å². The van der Waals surface area contributed by atoms with E-state index in [4.69, 9.17) is 0 Å². The Kier molecular flexibility index (Phi) is 3.09. The number of carbonyl (C=O) groups excluding carboxylic acids is 1. The number of carboxylic acids is 1. The van der Waals surface area contributed by atoms with Gasteiger partial charge in [-0.2, -0.15) is 0 Å². The highest BCUT2D eigenvalue weighted by molar-refractivity contribution is 7.14. The third-order valence-electron chi connectivity index (χ3n) is 4.31. The molecule has 2 aliphatic rings. The molecule has 102 valence electrons. The zero-order valence-electron chi connectivity index (χ0n) is 10.8. The lowest BCUT2D eigenvalue weighted by Crippen LogP contribution is -2.37. The van der Waals surface area contributed by atoms with Gasteiger partial charge in [-0.15, -0.1) is 11.3 Å². The molecule has 0 saturated carbocycles. The van der Waals surface area contributed by atoms with E-state index in [9.17, 15) is 14.7 Å². The molecule has 0 spiro atoms. The Morgan fingerprint density at radius 3 is 2.79 bits per heavy atom. The molecular weight excluding hydrogens is 262 g/mol. The molecule has 3 unspecified atom stereocenters. The van der Waals surface area contributed by atoms with Gasteiger partial charge < -0.3 is 10.0 Å². The van der Waals surface area contributed by atoms with Crippen LogP contribution in [-0.4, -0.2) is 34.0 Å². The number of hydrogen-bond donors (Lipinski definition) is 1. The summed E-state index contributed by atoms with van der Waals surface area (Å²) in [6.07, 6.45) is 3.34. The van der Waals surface area contributed by atoms with Crippen molar-refractivity contribution in [1.82, 2.24) is 4.90 Å². The minimum atomic E-state index is -0.759. The van der Waals surface area contributed by atoms with E-state index in [0.29, 0.717) is 6.42 Å². The summed E-state index contributed by atoms with van der Waals surface area (Å²) in [6.45, 7) is 2.07. The number of rotatable bonds is 3. The summed E-state index contributed by atoms with van der Waals surface area (Å²) in [5.74, 6) is -1.10. The number of thiophene rings is 1. The van der Waals surface area contributed by atoms with Crippen LogP contribution in [0.5, 0.6) is 0 Å². The lowest BCUT2D eigenvalue weighted by molar-refractivity contribution is -0.142. The zero-order valence-corrected chi connectivity index (χ0v) is 11.7. The lowest BCUT2D eigenvalue weighted by atomic mass is 9.89. The maximum atomic E-state index is 12.5. The van der Waals surface area contributed by atoms with Gasteiger partial charge in [-0.05, 0) is 37.8 Å². The normalized spacial score (nSPS) is 28.9. The standard InChI is InChI=1S/C14H17NO3S/c1-2-9-4-6-12(19-9)13(16)15-8-3-5-11(15)10(7-8)14(17)18/h4,6,8,10-11H,2-3,5,7H2,1H3,(H,17,18). The number of hydrogen-bond acceptors (Lipinski definition) is 3. The van der Waals surface area contributed by atoms with Crippen molar-refractivity contribution < 1.29 is 14.7 Å². The molecule has 1 amide bonds. The van der Waals surface area contributed by atoms with Crippen LogP contribution in [0.15, 0.2) is 12.1 Å². The number of aliphatic carboxylic acids is 1. The second-order valence-electron chi connectivity index (χ2n) is 5.31. The highest BCUT2D eigenvalue weighted by Crippen LogP contribution is 2.43. The predicted molar refractivity (Wildman–Crippen MR) is 72.4 cm³/mol. The summed E-state index contributed by atoms with van der Waals surface area (Å²) >= 11 is 1.53. The first-order valence-electron chi connectivity index (χ1n) is 6.76. The fourth-order valence-electron chi connectivity index (χ4n) is 3.38. The molecule has 1 aromatic heterocycles. The molecule has 3 atom stereocenters. The van der Waals surface area contributed by atoms with Crippen LogP contribution in [0.4, 0.5) is 0 Å². The number of amides is 1. The van der Waals surface area contributed by atoms with Gasteiger partial charge in [0.1, 0.15) is 0 Å². The van der Waals surface area contributed by atoms with E-state index in [0.717, 1.165) is 24.1 Å². The van der Waals surface area contributed by atoms with Crippen LogP contribution in [-0.2, 0) is 11.2 Å². The fourth-order valence-corrected chi connectivity index (χ4v) is 4.27. The Labute approximate surface area is 116 Å². The molecule has 3 heterocycles. The van der Waals surface area contributed by atoms with Crippen molar-refractivity contribution >= 4 is 23.2 Å². The maximum Gasteiger partial charge on any atom is 0.308 e. The van der Waals surface area contributed by atoms with Gasteiger partial charge in [-0.1, -0.05) is 6.92 Å². The van der Waals surface area contributed by atoms with Crippen molar-refractivity contribution in [2.45, 2.75) is 44.7 Å². The molecule has 0 radical (unpaired) electrons. The lowest BCUT2D eigenvalue weighted by Gasteiger charge is -2.22. The SMILES string of the molecule is CCc1ccc(C(=O)N2C3CCC2C(C(=O)O)C3)s1. The Bertz CT molecular complexity index is 525. The number of carboxylic acid groups (broad SMARTS) is 1. The van der Waals surface area contributed by atoms with Gasteiger partial charge in [-0.25, -0.2) is 0 Å². The number of aryl methyl sites for hydroxylation is 1. The molecule has 1 aromatic rings. The second-order valence-corrected chi connectivity index (χ2v) is 6.48. The molecule has 19 heavy (non-hydrogen) atoms. The Morgan fingerprint density at radius 2 is 2.21 bits per heavy atom. The summed E-state index contributed by atoms with van der Waals surface area (Å²) < 4.78 is 0. The summed E-state index contributed by atoms with van der Waals surface area (Å²) in [5.41, 5.74) is 0. The summed E-state index contributed by atoms with van der Waals surface area (Å²) in [4.78, 5) is 27.5. The number of carbonyl (C=O) groups is 2. The molecule has 3 rings (SSSR count). The molecule has 2 saturated heterocycles. The highest BCUT2D eigenvalue weighted by atomic mass is 32.1. The van der Waals surface area contributed by atoms with Gasteiger partial charge in [0, 0.05) is 17.0 Å². The maximum absolute atomic E-state index is 12.5. The first-order valence-corrected chi connectivity index (χ1v) is 7.57. The third-order valence-corrected chi connectivity index (χ3v) is 5.53. The van der Waals surface area contributed by atoms with Crippen molar-refractivity contribution in [3.8, 4) is 0 Å². The molecule has 0 aromatic carbocycles. The Morgan fingerprint density at radius 1 is 1.42 bits per heavy atom. The van der Waals surface area contributed by atoms with Crippen molar-refractivity contribution in [2.24, 2.45) is 5.92 Å². The van der Waals surface area contributed by atoms with Crippen LogP contribution < -0.4 is 0 Å². The summed E-state index contributed by atoms with van der Waals surface area (Å²) in [5, 5.41) is 9.21. The van der Waals surface area contributed by atoms with Crippen LogP contribution in [0.3, 0.4) is 0 Å². The molecule has 1 N–H and O–H groups in total. The van der Waals surface area contributed by atoms with E-state index >= 15 is 0 Å². The number of nitrogens with zero attached hydrogens (tertiary/aromatic N) is 1. The van der Waals surface area contributed by atoms with Crippen molar-refractivity contribution in [3.05, 3.63) is 21.9 Å². The van der Waals surface area contributed by atoms with Crippen LogP contribution in [0.1, 0.15) is 40.7 Å². The highest BCUT2D eigenvalue weighted by Gasteiger charge is 2.51. The van der Waals surface area contributed by atoms with Gasteiger partial charge >= 0.3 is 5.97 Å². The molecule has 2 bridgehead atoms. The topological polar surface area (TPSA) is 57.6 Å². The molecular formula is C14H17NO3S. The molecule has 5 heteroatoms. The molecule has 4 nitrogen and oxygen atoms in total. The van der Waals surface area contributed by atoms with Gasteiger partial charge in [0.2, 0.25) is 0 Å². The first-order chi connectivity index (χ1) is 9.11. The minimum absolute atomic E-state index is 0.0287. The van der Waals surface area contributed by atoms with E-state index < -0.39 is 5.97 Å². The molecule has 2 fully saturated rings. The average Bonchev–Trinajstić information content (AvgIpc) is 3.11. The quantitative estimate of drug-likeness (QED) is 0.924. The van der Waals surface area contributed by atoms with Crippen molar-refractivity contribution in [3.63, 3.8) is 0 Å². The Hall–Kier alpha value is -1.36. The third kappa shape index (κ3) is 1.96. The summed E-state index contributed by atoms with van der Waals surface area (Å²) in [6, 6.07) is 3.90. The van der Waals surface area contributed by atoms with Crippen LogP contribution in [0.2, 0.25) is 0 Å².